The highest BCUT2D eigenvalue weighted by Crippen LogP contribution is 2.14. The summed E-state index contributed by atoms with van der Waals surface area (Å²) >= 11 is 0. The van der Waals surface area contributed by atoms with Crippen LogP contribution in [0.3, 0.4) is 0 Å². The van der Waals surface area contributed by atoms with E-state index < -0.39 is 36.3 Å². The Morgan fingerprint density at radius 3 is 1.86 bits per heavy atom. The third-order valence-electron chi connectivity index (χ3n) is 2.72. The molecule has 0 heterocycles. The molecule has 0 saturated carbocycles. The van der Waals surface area contributed by atoms with Crippen LogP contribution in [0.4, 0.5) is 13.2 Å². The van der Waals surface area contributed by atoms with Crippen LogP contribution in [0.15, 0.2) is 0 Å². The van der Waals surface area contributed by atoms with Crippen molar-refractivity contribution in [1.82, 2.24) is 16.0 Å². The van der Waals surface area contributed by atoms with Crippen LogP contribution in [0.2, 0.25) is 0 Å². The van der Waals surface area contributed by atoms with E-state index in [0.717, 1.165) is 0 Å². The average molecular weight is 325 g/mol. The van der Waals surface area contributed by atoms with Crippen LogP contribution >= 0.6 is 0 Å². The fraction of sp³-hybridized carbons (Fsp3) is 0.857. The van der Waals surface area contributed by atoms with Crippen molar-refractivity contribution in [3.63, 3.8) is 0 Å². The Balaban J connectivity index is 4.66. The zero-order chi connectivity index (χ0) is 17.7. The minimum absolute atomic E-state index is 0.347. The first-order valence-corrected chi connectivity index (χ1v) is 7.15. The number of hydrogen-bond donors (Lipinski definition) is 3. The number of alkyl halides is 3. The van der Waals surface area contributed by atoms with E-state index in [4.69, 9.17) is 0 Å². The standard InChI is InChI=1S/C14H26F3N3O2/c1-8(2)10(18-7-14(15,16)17)12(22)19-9(3)11(21)20-13(4,5)6/h8-10,18H,7H2,1-6H3,(H,19,22)(H,20,21)/t9-,10+/m0/s1. The molecule has 0 aliphatic heterocycles. The molecule has 0 aromatic heterocycles. The van der Waals surface area contributed by atoms with E-state index in [2.05, 4.69) is 16.0 Å². The molecule has 0 fully saturated rings. The lowest BCUT2D eigenvalue weighted by Crippen LogP contribution is -2.56. The Hall–Kier alpha value is -1.31. The van der Waals surface area contributed by atoms with E-state index in [1.165, 1.54) is 6.92 Å². The number of carbonyl (C=O) groups excluding carboxylic acids is 2. The van der Waals surface area contributed by atoms with Gasteiger partial charge in [-0.3, -0.25) is 14.9 Å². The minimum Gasteiger partial charge on any atom is -0.350 e. The van der Waals surface area contributed by atoms with Gasteiger partial charge in [-0.25, -0.2) is 0 Å². The van der Waals surface area contributed by atoms with E-state index in [0.29, 0.717) is 0 Å². The van der Waals surface area contributed by atoms with Gasteiger partial charge < -0.3 is 10.6 Å². The van der Waals surface area contributed by atoms with Crippen LogP contribution in [0.25, 0.3) is 0 Å². The highest BCUT2D eigenvalue weighted by atomic mass is 19.4. The summed E-state index contributed by atoms with van der Waals surface area (Å²) in [7, 11) is 0. The number of carbonyl (C=O) groups is 2. The van der Waals surface area contributed by atoms with Crippen molar-refractivity contribution in [1.29, 1.82) is 0 Å². The summed E-state index contributed by atoms with van der Waals surface area (Å²) in [5.41, 5.74) is -0.456. The lowest BCUT2D eigenvalue weighted by Gasteiger charge is -2.26. The Labute approximate surface area is 129 Å². The zero-order valence-corrected chi connectivity index (χ0v) is 13.9. The lowest BCUT2D eigenvalue weighted by atomic mass is 10.0. The smallest absolute Gasteiger partial charge is 0.350 e. The molecule has 0 bridgehead atoms. The predicted molar refractivity (Wildman–Crippen MR) is 78.2 cm³/mol. The van der Waals surface area contributed by atoms with Gasteiger partial charge in [-0.1, -0.05) is 13.8 Å². The van der Waals surface area contributed by atoms with Crippen molar-refractivity contribution >= 4 is 11.8 Å². The number of rotatable bonds is 6. The first-order chi connectivity index (χ1) is 9.73. The molecular formula is C14H26F3N3O2. The Morgan fingerprint density at radius 2 is 1.50 bits per heavy atom. The van der Waals surface area contributed by atoms with Crippen LogP contribution in [0.1, 0.15) is 41.5 Å². The molecule has 3 N–H and O–H groups in total. The maximum Gasteiger partial charge on any atom is 0.401 e. The minimum atomic E-state index is -4.40. The van der Waals surface area contributed by atoms with Gasteiger partial charge in [0.2, 0.25) is 11.8 Å². The van der Waals surface area contributed by atoms with Gasteiger partial charge in [0.15, 0.2) is 0 Å². The van der Waals surface area contributed by atoms with Gasteiger partial charge in [0.05, 0.1) is 12.6 Å². The van der Waals surface area contributed by atoms with E-state index in [1.807, 2.05) is 0 Å². The highest BCUT2D eigenvalue weighted by molar-refractivity contribution is 5.89. The molecule has 2 atom stereocenters. The second-order valence-electron chi connectivity index (χ2n) is 6.69. The molecule has 5 nitrogen and oxygen atoms in total. The molecule has 0 aromatic carbocycles. The molecule has 130 valence electrons. The predicted octanol–water partition coefficient (Wildman–Crippen LogP) is 1.58. The highest BCUT2D eigenvalue weighted by Gasteiger charge is 2.32. The summed E-state index contributed by atoms with van der Waals surface area (Å²) in [5.74, 6) is -1.37. The zero-order valence-electron chi connectivity index (χ0n) is 13.9. The van der Waals surface area contributed by atoms with E-state index in [-0.39, 0.29) is 11.8 Å². The van der Waals surface area contributed by atoms with Gasteiger partial charge in [0, 0.05) is 5.54 Å². The molecule has 0 unspecified atom stereocenters. The third kappa shape index (κ3) is 8.86. The largest absolute Gasteiger partial charge is 0.401 e. The summed E-state index contributed by atoms with van der Waals surface area (Å²) < 4.78 is 36.8. The van der Waals surface area contributed by atoms with Crippen LogP contribution in [0, 0.1) is 5.92 Å². The fourth-order valence-electron chi connectivity index (χ4n) is 1.70. The molecule has 22 heavy (non-hydrogen) atoms. The summed E-state index contributed by atoms with van der Waals surface area (Å²) in [5, 5.41) is 7.32. The molecule has 8 heteroatoms. The normalized spacial score (nSPS) is 15.4. The van der Waals surface area contributed by atoms with Crippen molar-refractivity contribution in [3.05, 3.63) is 0 Å². The average Bonchev–Trinajstić information content (AvgIpc) is 2.24. The first-order valence-electron chi connectivity index (χ1n) is 7.15. The van der Waals surface area contributed by atoms with Crippen LogP contribution < -0.4 is 16.0 Å². The topological polar surface area (TPSA) is 70.2 Å². The monoisotopic (exact) mass is 325 g/mol. The SMILES string of the molecule is CC(C)[C@@H](NCC(F)(F)F)C(=O)N[C@@H](C)C(=O)NC(C)(C)C. The number of halogens is 3. The fourth-order valence-corrected chi connectivity index (χ4v) is 1.70. The molecule has 0 aliphatic rings. The van der Waals surface area contributed by atoms with Gasteiger partial charge in [-0.05, 0) is 33.6 Å². The van der Waals surface area contributed by atoms with Gasteiger partial charge in [-0.2, -0.15) is 13.2 Å². The van der Waals surface area contributed by atoms with Crippen LogP contribution in [-0.2, 0) is 9.59 Å². The maximum atomic E-state index is 12.3. The Kier molecular flexibility index (Phi) is 7.34. The lowest BCUT2D eigenvalue weighted by molar-refractivity contribution is -0.136. The van der Waals surface area contributed by atoms with Gasteiger partial charge in [0.25, 0.3) is 0 Å². The van der Waals surface area contributed by atoms with E-state index in [9.17, 15) is 22.8 Å². The number of nitrogens with one attached hydrogen (secondary N) is 3. The van der Waals surface area contributed by atoms with Crippen LogP contribution in [0.5, 0.6) is 0 Å². The third-order valence-corrected chi connectivity index (χ3v) is 2.72. The summed E-state index contributed by atoms with van der Waals surface area (Å²) in [6.07, 6.45) is -4.40. The molecule has 0 rings (SSSR count). The molecule has 2 amide bonds. The van der Waals surface area contributed by atoms with Gasteiger partial charge in [-0.15, -0.1) is 0 Å². The molecule has 0 aromatic rings. The Morgan fingerprint density at radius 1 is 1.00 bits per heavy atom. The molecule has 0 spiro atoms. The molecule has 0 saturated heterocycles. The first kappa shape index (κ1) is 20.7. The summed E-state index contributed by atoms with van der Waals surface area (Å²) in [4.78, 5) is 23.9. The molecule has 0 radical (unpaired) electrons. The second-order valence-corrected chi connectivity index (χ2v) is 6.69. The van der Waals surface area contributed by atoms with Crippen molar-refractivity contribution in [2.24, 2.45) is 5.92 Å². The van der Waals surface area contributed by atoms with E-state index >= 15 is 0 Å². The molecular weight excluding hydrogens is 299 g/mol. The van der Waals surface area contributed by atoms with Crippen molar-refractivity contribution in [2.45, 2.75) is 65.3 Å². The van der Waals surface area contributed by atoms with E-state index in [1.54, 1.807) is 34.6 Å². The van der Waals surface area contributed by atoms with Gasteiger partial charge in [0.1, 0.15) is 6.04 Å². The molecule has 0 aliphatic carbocycles. The van der Waals surface area contributed by atoms with Gasteiger partial charge >= 0.3 is 6.18 Å². The summed E-state index contributed by atoms with van der Waals surface area (Å²) in [6, 6.07) is -1.85. The number of amides is 2. The summed E-state index contributed by atoms with van der Waals surface area (Å²) in [6.45, 7) is 8.87. The quantitative estimate of drug-likeness (QED) is 0.694. The number of hydrogen-bond acceptors (Lipinski definition) is 3. The Bertz CT molecular complexity index is 390. The van der Waals surface area contributed by atoms with Crippen molar-refractivity contribution in [2.75, 3.05) is 6.54 Å². The second kappa shape index (κ2) is 7.80. The van der Waals surface area contributed by atoms with Crippen LogP contribution in [-0.4, -0.2) is 42.2 Å². The van der Waals surface area contributed by atoms with Crippen molar-refractivity contribution in [3.8, 4) is 0 Å². The van der Waals surface area contributed by atoms with Crippen molar-refractivity contribution < 1.29 is 22.8 Å². The maximum absolute atomic E-state index is 12.3.